The molecule has 4 heteroatoms. The molecule has 0 amide bonds. The number of aromatic nitrogens is 2. The van der Waals surface area contributed by atoms with Crippen molar-refractivity contribution < 1.29 is 0 Å². The minimum absolute atomic E-state index is 0.653. The molecular formula is C24H28ClN3. The maximum absolute atomic E-state index is 6.27. The van der Waals surface area contributed by atoms with Crippen LogP contribution >= 0.6 is 11.6 Å². The van der Waals surface area contributed by atoms with Crippen LogP contribution in [0.1, 0.15) is 41.6 Å². The van der Waals surface area contributed by atoms with Crippen molar-refractivity contribution in [1.82, 2.24) is 9.55 Å². The zero-order valence-corrected chi connectivity index (χ0v) is 18.0. The quantitative estimate of drug-likeness (QED) is 0.525. The maximum Gasteiger partial charge on any atom is 0.147 e. The molecule has 28 heavy (non-hydrogen) atoms. The predicted molar refractivity (Wildman–Crippen MR) is 119 cm³/mol. The van der Waals surface area contributed by atoms with Crippen molar-refractivity contribution in [1.29, 1.82) is 0 Å². The highest BCUT2D eigenvalue weighted by Gasteiger charge is 2.23. The summed E-state index contributed by atoms with van der Waals surface area (Å²) in [5, 5.41) is 2.03. The van der Waals surface area contributed by atoms with Crippen LogP contribution in [0.25, 0.3) is 16.7 Å². The highest BCUT2D eigenvalue weighted by atomic mass is 35.5. The lowest BCUT2D eigenvalue weighted by molar-refractivity contribution is 0.409. The van der Waals surface area contributed by atoms with E-state index in [1.165, 1.54) is 22.3 Å². The molecule has 0 bridgehead atoms. The van der Waals surface area contributed by atoms with Gasteiger partial charge in [0.05, 0.1) is 5.69 Å². The van der Waals surface area contributed by atoms with Crippen molar-refractivity contribution >= 4 is 28.3 Å². The normalized spacial score (nSPS) is 15.6. The second kappa shape index (κ2) is 7.44. The van der Waals surface area contributed by atoms with Gasteiger partial charge in [0.25, 0.3) is 0 Å². The Balaban J connectivity index is 1.88. The van der Waals surface area contributed by atoms with E-state index in [1.807, 2.05) is 12.1 Å². The summed E-state index contributed by atoms with van der Waals surface area (Å²) < 4.78 is 2.24. The van der Waals surface area contributed by atoms with Crippen LogP contribution in [0.4, 0.5) is 5.69 Å². The van der Waals surface area contributed by atoms with E-state index in [0.29, 0.717) is 5.92 Å². The van der Waals surface area contributed by atoms with Gasteiger partial charge in [-0.15, -0.1) is 0 Å². The van der Waals surface area contributed by atoms with Crippen LogP contribution in [-0.4, -0.2) is 22.6 Å². The van der Waals surface area contributed by atoms with Gasteiger partial charge in [0, 0.05) is 41.1 Å². The number of piperidine rings is 1. The molecule has 3 aromatic rings. The van der Waals surface area contributed by atoms with Gasteiger partial charge >= 0.3 is 0 Å². The van der Waals surface area contributed by atoms with E-state index in [2.05, 4.69) is 49.4 Å². The minimum Gasteiger partial charge on any atom is -0.371 e. The molecule has 1 aliphatic rings. The highest BCUT2D eigenvalue weighted by molar-refractivity contribution is 6.30. The van der Waals surface area contributed by atoms with Crippen LogP contribution < -0.4 is 4.90 Å². The molecule has 1 saturated heterocycles. The Labute approximate surface area is 173 Å². The molecule has 2 radical (unpaired) electrons. The summed E-state index contributed by atoms with van der Waals surface area (Å²) in [7, 11) is 0. The average molecular weight is 394 g/mol. The number of hydrogen-bond donors (Lipinski definition) is 0. The number of halogens is 1. The summed E-state index contributed by atoms with van der Waals surface area (Å²) in [5.41, 5.74) is 8.14. The summed E-state index contributed by atoms with van der Waals surface area (Å²) in [6.07, 6.45) is 5.34. The van der Waals surface area contributed by atoms with Gasteiger partial charge < -0.3 is 9.47 Å². The van der Waals surface area contributed by atoms with Gasteiger partial charge in [-0.05, 0) is 94.7 Å². The number of pyridine rings is 1. The molecule has 3 nitrogen and oxygen atoms in total. The fourth-order valence-electron chi connectivity index (χ4n) is 4.62. The fourth-order valence-corrected chi connectivity index (χ4v) is 4.95. The molecule has 1 aromatic carbocycles. The molecule has 2 aromatic heterocycles. The topological polar surface area (TPSA) is 21.1 Å². The lowest BCUT2D eigenvalue weighted by atomic mass is 9.94. The van der Waals surface area contributed by atoms with Crippen molar-refractivity contribution in [3.8, 4) is 5.69 Å². The Morgan fingerprint density at radius 3 is 2.29 bits per heavy atom. The van der Waals surface area contributed by atoms with Crippen LogP contribution in [0.2, 0.25) is 5.02 Å². The van der Waals surface area contributed by atoms with E-state index in [-0.39, 0.29) is 0 Å². The first-order valence-electron chi connectivity index (χ1n) is 10.1. The van der Waals surface area contributed by atoms with Crippen molar-refractivity contribution in [2.45, 2.75) is 47.0 Å². The molecule has 0 spiro atoms. The SMILES string of the molecule is [CH]CC1CCN(c2cc(C)nc3c2c(C)cn3-c2c(C)cc(Cl)cc2C)CC1. The Morgan fingerprint density at radius 2 is 1.68 bits per heavy atom. The summed E-state index contributed by atoms with van der Waals surface area (Å²) in [5.74, 6) is 0.653. The molecular weight excluding hydrogens is 366 g/mol. The molecule has 0 N–H and O–H groups in total. The van der Waals surface area contributed by atoms with Gasteiger partial charge in [-0.3, -0.25) is 0 Å². The van der Waals surface area contributed by atoms with Crippen molar-refractivity contribution in [3.63, 3.8) is 0 Å². The smallest absolute Gasteiger partial charge is 0.147 e. The van der Waals surface area contributed by atoms with Gasteiger partial charge in [-0.1, -0.05) is 11.6 Å². The van der Waals surface area contributed by atoms with Crippen molar-refractivity contribution in [2.75, 3.05) is 18.0 Å². The molecule has 146 valence electrons. The first kappa shape index (κ1) is 19.3. The predicted octanol–water partition coefficient (Wildman–Crippen LogP) is 6.23. The Morgan fingerprint density at radius 1 is 1.04 bits per heavy atom. The van der Waals surface area contributed by atoms with Crippen LogP contribution in [0.3, 0.4) is 0 Å². The largest absolute Gasteiger partial charge is 0.371 e. The van der Waals surface area contributed by atoms with E-state index in [4.69, 9.17) is 23.5 Å². The van der Waals surface area contributed by atoms with Crippen molar-refractivity contribution in [3.05, 3.63) is 58.7 Å². The second-order valence-electron chi connectivity index (χ2n) is 8.22. The Bertz CT molecular complexity index is 1000. The number of anilines is 1. The third kappa shape index (κ3) is 3.30. The third-order valence-corrected chi connectivity index (χ3v) is 6.26. The van der Waals surface area contributed by atoms with Gasteiger partial charge in [0.15, 0.2) is 0 Å². The zero-order valence-electron chi connectivity index (χ0n) is 17.2. The number of hydrogen-bond acceptors (Lipinski definition) is 2. The maximum atomic E-state index is 6.27. The van der Waals surface area contributed by atoms with E-state index < -0.39 is 0 Å². The molecule has 3 heterocycles. The van der Waals surface area contributed by atoms with Crippen LogP contribution in [0, 0.1) is 40.5 Å². The monoisotopic (exact) mass is 393 g/mol. The van der Waals surface area contributed by atoms with E-state index in [0.717, 1.165) is 59.8 Å². The van der Waals surface area contributed by atoms with Gasteiger partial charge in [-0.25, -0.2) is 4.98 Å². The first-order valence-corrected chi connectivity index (χ1v) is 10.5. The average Bonchev–Trinajstić information content (AvgIpc) is 2.96. The lowest BCUT2D eigenvalue weighted by Gasteiger charge is -2.34. The molecule has 4 rings (SSSR count). The van der Waals surface area contributed by atoms with Gasteiger partial charge in [0.1, 0.15) is 5.65 Å². The van der Waals surface area contributed by atoms with Crippen LogP contribution in [0.15, 0.2) is 24.4 Å². The molecule has 1 fully saturated rings. The number of aryl methyl sites for hydroxylation is 4. The number of fused-ring (bicyclic) bond motifs is 1. The van der Waals surface area contributed by atoms with Gasteiger partial charge in [0.2, 0.25) is 0 Å². The second-order valence-corrected chi connectivity index (χ2v) is 8.65. The first-order chi connectivity index (χ1) is 13.4. The van der Waals surface area contributed by atoms with Crippen LogP contribution in [-0.2, 0) is 0 Å². The molecule has 0 atom stereocenters. The van der Waals surface area contributed by atoms with Crippen molar-refractivity contribution in [2.24, 2.45) is 5.92 Å². The standard InChI is InChI=1S/C24H28ClN3/c1-6-19-7-9-27(10-8-19)21-13-18(5)26-24-22(21)17(4)14-28(24)23-15(2)11-20(25)12-16(23)3/h1,11-14,19H,6-10H2,2-5H3. The molecule has 0 aliphatic carbocycles. The summed E-state index contributed by atoms with van der Waals surface area (Å²) in [4.78, 5) is 7.46. The summed E-state index contributed by atoms with van der Waals surface area (Å²) in [6.45, 7) is 16.5. The van der Waals surface area contributed by atoms with E-state index >= 15 is 0 Å². The van der Waals surface area contributed by atoms with Crippen LogP contribution in [0.5, 0.6) is 0 Å². The number of benzene rings is 1. The molecule has 1 aliphatic heterocycles. The highest BCUT2D eigenvalue weighted by Crippen LogP contribution is 2.36. The fraction of sp³-hybridized carbons (Fsp3) is 0.417. The zero-order chi connectivity index (χ0) is 20.0. The number of rotatable bonds is 3. The summed E-state index contributed by atoms with van der Waals surface area (Å²) in [6, 6.07) is 6.29. The molecule has 0 saturated carbocycles. The summed E-state index contributed by atoms with van der Waals surface area (Å²) >= 11 is 6.27. The Kier molecular flexibility index (Phi) is 5.13. The minimum atomic E-state index is 0.653. The van der Waals surface area contributed by atoms with E-state index in [9.17, 15) is 0 Å². The lowest BCUT2D eigenvalue weighted by Crippen LogP contribution is -2.33. The third-order valence-electron chi connectivity index (χ3n) is 6.04. The molecule has 0 unspecified atom stereocenters. The Hall–Kier alpha value is -2.00. The number of nitrogens with zero attached hydrogens (tertiary/aromatic N) is 3. The van der Waals surface area contributed by atoms with Gasteiger partial charge in [-0.2, -0.15) is 0 Å². The van der Waals surface area contributed by atoms with E-state index in [1.54, 1.807) is 0 Å².